The molecule has 0 saturated carbocycles. The minimum atomic E-state index is 0.237. The quantitative estimate of drug-likeness (QED) is 0.636. The minimum Gasteiger partial charge on any atom is -0.508 e. The van der Waals surface area contributed by atoms with Gasteiger partial charge in [-0.2, -0.15) is 0 Å². The Labute approximate surface area is 133 Å². The zero-order chi connectivity index (χ0) is 16.7. The molecule has 0 unspecified atom stereocenters. The van der Waals surface area contributed by atoms with Crippen molar-refractivity contribution < 1.29 is 5.11 Å². The van der Waals surface area contributed by atoms with Crippen molar-refractivity contribution in [2.45, 2.75) is 33.6 Å². The third-order valence-corrected chi connectivity index (χ3v) is 3.44. The number of hydrogen-bond donors (Lipinski definition) is 1. The van der Waals surface area contributed by atoms with Crippen molar-refractivity contribution in [2.24, 2.45) is 4.99 Å². The van der Waals surface area contributed by atoms with E-state index in [1.54, 1.807) is 18.3 Å². The predicted octanol–water partition coefficient (Wildman–Crippen LogP) is 5.77. The van der Waals surface area contributed by atoms with Crippen molar-refractivity contribution >= 4 is 17.4 Å². The van der Waals surface area contributed by atoms with E-state index in [2.05, 4.69) is 24.7 Å². The number of aliphatic imine (C=N–C) groups is 1. The van der Waals surface area contributed by atoms with Crippen LogP contribution in [0.3, 0.4) is 0 Å². The largest absolute Gasteiger partial charge is 0.508 e. The van der Waals surface area contributed by atoms with Crippen molar-refractivity contribution in [3.63, 3.8) is 0 Å². The number of aromatic hydroxyl groups is 1. The first-order chi connectivity index (χ1) is 10.3. The minimum absolute atomic E-state index is 0.237. The summed E-state index contributed by atoms with van der Waals surface area (Å²) in [6, 6.07) is 5.45. The van der Waals surface area contributed by atoms with Crippen LogP contribution in [0.25, 0.3) is 11.1 Å². The molecule has 0 atom stereocenters. The summed E-state index contributed by atoms with van der Waals surface area (Å²) in [5.41, 5.74) is 5.69. The van der Waals surface area contributed by atoms with Crippen LogP contribution in [0.4, 0.5) is 0 Å². The summed E-state index contributed by atoms with van der Waals surface area (Å²) in [6.07, 6.45) is 5.31. The summed E-state index contributed by atoms with van der Waals surface area (Å²) in [4.78, 5) is 4.30. The molecule has 0 saturated heterocycles. The Balaban J connectivity index is 2.72. The first-order valence-corrected chi connectivity index (χ1v) is 7.36. The topological polar surface area (TPSA) is 32.6 Å². The third-order valence-electron chi connectivity index (χ3n) is 3.44. The first-order valence-electron chi connectivity index (χ1n) is 7.36. The summed E-state index contributed by atoms with van der Waals surface area (Å²) in [5, 5.41) is 9.81. The van der Waals surface area contributed by atoms with Gasteiger partial charge in [-0.25, -0.2) is 0 Å². The van der Waals surface area contributed by atoms with Crippen molar-refractivity contribution in [1.82, 2.24) is 0 Å². The fourth-order valence-electron chi connectivity index (χ4n) is 1.85. The molecule has 0 aliphatic heterocycles. The van der Waals surface area contributed by atoms with Gasteiger partial charge in [0.2, 0.25) is 0 Å². The van der Waals surface area contributed by atoms with E-state index in [1.807, 2.05) is 32.9 Å². The van der Waals surface area contributed by atoms with Gasteiger partial charge in [0.05, 0.1) is 0 Å². The van der Waals surface area contributed by atoms with E-state index in [4.69, 9.17) is 0 Å². The highest BCUT2D eigenvalue weighted by molar-refractivity contribution is 5.79. The Morgan fingerprint density at radius 1 is 1.09 bits per heavy atom. The average molecular weight is 295 g/mol. The van der Waals surface area contributed by atoms with Gasteiger partial charge in [-0.3, -0.25) is 4.99 Å². The number of phenolic OH excluding ortho intramolecular Hbond substituents is 1. The molecular weight excluding hydrogens is 270 g/mol. The van der Waals surface area contributed by atoms with Crippen LogP contribution in [-0.2, 0) is 0 Å². The second-order valence-corrected chi connectivity index (χ2v) is 5.50. The maximum Gasteiger partial charge on any atom is 0.116 e. The fraction of sp³-hybridized carbons (Fsp3) is 0.250. The molecule has 1 N–H and O–H groups in total. The van der Waals surface area contributed by atoms with Crippen molar-refractivity contribution in [1.29, 1.82) is 0 Å². The first kappa shape index (κ1) is 17.7. The van der Waals surface area contributed by atoms with Crippen molar-refractivity contribution in [3.8, 4) is 5.75 Å². The number of hydrogen-bond acceptors (Lipinski definition) is 2. The van der Waals surface area contributed by atoms with E-state index in [9.17, 15) is 5.11 Å². The van der Waals surface area contributed by atoms with Gasteiger partial charge >= 0.3 is 0 Å². The predicted molar refractivity (Wildman–Crippen MR) is 98.1 cm³/mol. The summed E-state index contributed by atoms with van der Waals surface area (Å²) >= 11 is 0. The zero-order valence-corrected chi connectivity index (χ0v) is 13.8. The van der Waals surface area contributed by atoms with Gasteiger partial charge in [-0.1, -0.05) is 31.4 Å². The molecule has 0 amide bonds. The van der Waals surface area contributed by atoms with Gasteiger partial charge in [0.15, 0.2) is 0 Å². The summed E-state index contributed by atoms with van der Waals surface area (Å²) in [5.74, 6) is 0.237. The van der Waals surface area contributed by atoms with Gasteiger partial charge in [-0.05, 0) is 74.1 Å². The van der Waals surface area contributed by atoms with Crippen LogP contribution >= 0.6 is 0 Å². The summed E-state index contributed by atoms with van der Waals surface area (Å²) in [6.45, 7) is 17.9. The number of benzene rings is 1. The molecule has 0 radical (unpaired) electrons. The molecule has 0 bridgehead atoms. The number of rotatable bonds is 7. The van der Waals surface area contributed by atoms with Gasteiger partial charge in [0, 0.05) is 11.9 Å². The average Bonchev–Trinajstić information content (AvgIpc) is 2.49. The molecule has 1 rings (SSSR count). The molecule has 2 nitrogen and oxygen atoms in total. The number of allylic oxidation sites excluding steroid dienone is 5. The Kier molecular flexibility index (Phi) is 6.58. The molecule has 0 aromatic heterocycles. The molecule has 1 aromatic rings. The van der Waals surface area contributed by atoms with E-state index in [-0.39, 0.29) is 5.75 Å². The highest BCUT2D eigenvalue weighted by Gasteiger charge is 2.05. The molecule has 0 aliphatic carbocycles. The Bertz CT molecular complexity index is 648. The molecule has 22 heavy (non-hydrogen) atoms. The van der Waals surface area contributed by atoms with E-state index >= 15 is 0 Å². The zero-order valence-electron chi connectivity index (χ0n) is 13.8. The third kappa shape index (κ3) is 5.57. The molecule has 1 aromatic carbocycles. The van der Waals surface area contributed by atoms with E-state index < -0.39 is 0 Å². The Morgan fingerprint density at radius 3 is 2.32 bits per heavy atom. The van der Waals surface area contributed by atoms with Gasteiger partial charge in [0.25, 0.3) is 0 Å². The lowest BCUT2D eigenvalue weighted by Crippen LogP contribution is -1.90. The lowest BCUT2D eigenvalue weighted by Gasteiger charge is -2.10. The molecule has 0 heterocycles. The van der Waals surface area contributed by atoms with Gasteiger partial charge in [-0.15, -0.1) is 0 Å². The molecule has 0 spiro atoms. The summed E-state index contributed by atoms with van der Waals surface area (Å²) in [7, 11) is 0. The van der Waals surface area contributed by atoms with Crippen molar-refractivity contribution in [3.05, 3.63) is 66.4 Å². The van der Waals surface area contributed by atoms with Crippen molar-refractivity contribution in [2.75, 3.05) is 0 Å². The number of phenols is 1. The molecule has 116 valence electrons. The van der Waals surface area contributed by atoms with Crippen LogP contribution in [0.15, 0.2) is 60.3 Å². The van der Waals surface area contributed by atoms with Crippen LogP contribution in [0.2, 0.25) is 0 Å². The number of nitrogens with zero attached hydrogens (tertiary/aromatic N) is 1. The highest BCUT2D eigenvalue weighted by Crippen LogP contribution is 2.27. The molecule has 0 aliphatic rings. The van der Waals surface area contributed by atoms with Crippen LogP contribution in [0, 0.1) is 0 Å². The molecule has 2 heteroatoms. The maximum absolute atomic E-state index is 9.81. The SMILES string of the molecule is C=C(/C=N\C(C)=C/C)CCC(=C)c1cc(O)cc(C(=C)C)c1. The highest BCUT2D eigenvalue weighted by atomic mass is 16.3. The van der Waals surface area contributed by atoms with Gasteiger partial charge in [0.1, 0.15) is 5.75 Å². The Hall–Kier alpha value is -2.35. The second-order valence-electron chi connectivity index (χ2n) is 5.50. The van der Waals surface area contributed by atoms with Crippen LogP contribution in [0.1, 0.15) is 44.7 Å². The smallest absolute Gasteiger partial charge is 0.116 e. The molecular formula is C20H25NO. The van der Waals surface area contributed by atoms with Crippen LogP contribution < -0.4 is 0 Å². The standard InChI is InChI=1S/C20H25NO/c1-7-17(6)21-13-15(4)8-9-16(5)19-10-18(14(2)3)11-20(22)12-19/h7,10-13,22H,2,4-5,8-9H2,1,3,6H3/b17-7-,21-13-. The monoisotopic (exact) mass is 295 g/mol. The maximum atomic E-state index is 9.81. The van der Waals surface area contributed by atoms with E-state index in [0.717, 1.165) is 46.4 Å². The lowest BCUT2D eigenvalue weighted by atomic mass is 9.97. The fourth-order valence-corrected chi connectivity index (χ4v) is 1.85. The van der Waals surface area contributed by atoms with E-state index in [1.165, 1.54) is 0 Å². The van der Waals surface area contributed by atoms with Crippen LogP contribution in [0.5, 0.6) is 5.75 Å². The lowest BCUT2D eigenvalue weighted by molar-refractivity contribution is 0.475. The summed E-state index contributed by atoms with van der Waals surface area (Å²) < 4.78 is 0. The molecule has 0 fully saturated rings. The second kappa shape index (κ2) is 8.18. The normalized spacial score (nSPS) is 11.7. The van der Waals surface area contributed by atoms with Crippen LogP contribution in [-0.4, -0.2) is 11.3 Å². The van der Waals surface area contributed by atoms with E-state index in [0.29, 0.717) is 0 Å². The Morgan fingerprint density at radius 2 is 1.73 bits per heavy atom. The van der Waals surface area contributed by atoms with Gasteiger partial charge < -0.3 is 5.11 Å².